The van der Waals surface area contributed by atoms with E-state index in [4.69, 9.17) is 22.1 Å². The van der Waals surface area contributed by atoms with Crippen LogP contribution >= 0.6 is 22.9 Å². The molecule has 0 atom stereocenters. The van der Waals surface area contributed by atoms with Gasteiger partial charge in [-0.05, 0) is 25.3 Å². The quantitative estimate of drug-likeness (QED) is 0.560. The summed E-state index contributed by atoms with van der Waals surface area (Å²) < 4.78 is 6.90. The van der Waals surface area contributed by atoms with Gasteiger partial charge in [0.15, 0.2) is 6.61 Å². The van der Waals surface area contributed by atoms with E-state index in [1.807, 2.05) is 0 Å². The lowest BCUT2D eigenvalue weighted by Crippen LogP contribution is -2.27. The van der Waals surface area contributed by atoms with E-state index in [1.165, 1.54) is 28.5 Å². The predicted molar refractivity (Wildman–Crippen MR) is 106 cm³/mol. The Morgan fingerprint density at radius 3 is 2.93 bits per heavy atom. The highest BCUT2D eigenvalue weighted by atomic mass is 35.5. The number of carbonyl (C=O) groups is 2. The number of nitrogens with one attached hydrogen (secondary N) is 2. The smallest absolute Gasteiger partial charge is 0.276 e. The first-order valence-electron chi connectivity index (χ1n) is 8.53. The number of hydrogen-bond donors (Lipinski definition) is 3. The van der Waals surface area contributed by atoms with Crippen LogP contribution in [0.5, 0.6) is 5.88 Å². The molecular formula is C17H17ClN6O3S. The van der Waals surface area contributed by atoms with Gasteiger partial charge >= 0.3 is 0 Å². The van der Waals surface area contributed by atoms with Gasteiger partial charge in [0.25, 0.3) is 11.8 Å². The van der Waals surface area contributed by atoms with Crippen LogP contribution in [0.4, 0.5) is 5.69 Å². The zero-order valence-corrected chi connectivity index (χ0v) is 16.4. The van der Waals surface area contributed by atoms with Crippen LogP contribution in [0, 0.1) is 6.92 Å². The molecular weight excluding hydrogens is 404 g/mol. The highest BCUT2D eigenvalue weighted by molar-refractivity contribution is 7.21. The highest BCUT2D eigenvalue weighted by Gasteiger charge is 2.27. The van der Waals surface area contributed by atoms with Crippen LogP contribution in [0.15, 0.2) is 18.7 Å². The second-order valence-electron chi connectivity index (χ2n) is 6.42. The Labute approximate surface area is 168 Å². The molecule has 0 aliphatic heterocycles. The standard InChI is InChI=1S/C17H17ClN6O3S/c1-8-11-13(19)14(15(26)21-9-2-3-9)28-17(11)22-16(12(8)18)27-6-10(25)23-24-5-4-20-7-24/h4-5,7,9H,2-3,6,19H2,1H3,(H,21,26)(H,23,25). The fourth-order valence-electron chi connectivity index (χ4n) is 2.66. The van der Waals surface area contributed by atoms with Crippen molar-refractivity contribution < 1.29 is 14.3 Å². The summed E-state index contributed by atoms with van der Waals surface area (Å²) in [6, 6.07) is 0.225. The molecule has 1 saturated carbocycles. The van der Waals surface area contributed by atoms with Crippen LogP contribution in [0.1, 0.15) is 28.1 Å². The lowest BCUT2D eigenvalue weighted by molar-refractivity contribution is -0.119. The number of nitrogen functional groups attached to an aromatic ring is 1. The molecule has 1 fully saturated rings. The summed E-state index contributed by atoms with van der Waals surface area (Å²) in [6.45, 7) is 1.49. The Morgan fingerprint density at radius 2 is 2.25 bits per heavy atom. The number of carbonyl (C=O) groups excluding carboxylic acids is 2. The van der Waals surface area contributed by atoms with Crippen molar-refractivity contribution >= 4 is 50.7 Å². The van der Waals surface area contributed by atoms with Gasteiger partial charge in [-0.2, -0.15) is 0 Å². The third kappa shape index (κ3) is 3.60. The average molecular weight is 421 g/mol. The molecule has 3 aromatic heterocycles. The minimum absolute atomic E-state index is 0.114. The number of imidazole rings is 1. The van der Waals surface area contributed by atoms with Crippen molar-refractivity contribution in [1.29, 1.82) is 0 Å². The third-order valence-electron chi connectivity index (χ3n) is 4.24. The van der Waals surface area contributed by atoms with E-state index in [0.29, 0.717) is 26.3 Å². The van der Waals surface area contributed by atoms with E-state index in [2.05, 4.69) is 20.7 Å². The van der Waals surface area contributed by atoms with Gasteiger partial charge in [0.05, 0.1) is 5.69 Å². The van der Waals surface area contributed by atoms with Gasteiger partial charge in [0.1, 0.15) is 21.1 Å². The molecule has 0 bridgehead atoms. The van der Waals surface area contributed by atoms with Gasteiger partial charge in [-0.15, -0.1) is 11.3 Å². The average Bonchev–Trinajstić information content (AvgIpc) is 3.20. The number of thiophene rings is 1. The Morgan fingerprint density at radius 1 is 1.46 bits per heavy atom. The van der Waals surface area contributed by atoms with E-state index in [0.717, 1.165) is 12.8 Å². The number of hydrogen-bond acceptors (Lipinski definition) is 7. The summed E-state index contributed by atoms with van der Waals surface area (Å²) in [6.07, 6.45) is 6.54. The first kappa shape index (κ1) is 18.5. The van der Waals surface area contributed by atoms with E-state index in [9.17, 15) is 9.59 Å². The van der Waals surface area contributed by atoms with Gasteiger partial charge < -0.3 is 15.8 Å². The minimum atomic E-state index is -0.399. The van der Waals surface area contributed by atoms with Crippen LogP contribution in [-0.2, 0) is 4.79 Å². The van der Waals surface area contributed by atoms with Crippen LogP contribution in [0.25, 0.3) is 10.2 Å². The summed E-state index contributed by atoms with van der Waals surface area (Å²) in [4.78, 5) is 33.5. The topological polar surface area (TPSA) is 124 Å². The maximum Gasteiger partial charge on any atom is 0.276 e. The number of ether oxygens (including phenoxy) is 1. The molecule has 1 aliphatic carbocycles. The molecule has 0 radical (unpaired) electrons. The molecule has 0 unspecified atom stereocenters. The number of nitrogens with two attached hydrogens (primary N) is 1. The predicted octanol–water partition coefficient (Wildman–Crippen LogP) is 2.08. The molecule has 28 heavy (non-hydrogen) atoms. The molecule has 0 spiro atoms. The lowest BCUT2D eigenvalue weighted by atomic mass is 10.1. The van der Waals surface area contributed by atoms with Gasteiger partial charge in [-0.1, -0.05) is 11.6 Å². The van der Waals surface area contributed by atoms with Gasteiger partial charge in [-0.3, -0.25) is 15.0 Å². The van der Waals surface area contributed by atoms with Crippen molar-refractivity contribution in [2.75, 3.05) is 17.8 Å². The Balaban J connectivity index is 1.56. The highest BCUT2D eigenvalue weighted by Crippen LogP contribution is 2.40. The van der Waals surface area contributed by atoms with Crippen molar-refractivity contribution in [2.45, 2.75) is 25.8 Å². The molecule has 2 amide bonds. The fraction of sp³-hybridized carbons (Fsp3) is 0.294. The van der Waals surface area contributed by atoms with Gasteiger partial charge in [0, 0.05) is 23.8 Å². The van der Waals surface area contributed by atoms with E-state index >= 15 is 0 Å². The first-order chi connectivity index (χ1) is 13.4. The fourth-order valence-corrected chi connectivity index (χ4v) is 3.90. The van der Waals surface area contributed by atoms with Crippen molar-refractivity contribution in [3.05, 3.63) is 34.2 Å². The Hall–Kier alpha value is -2.85. The zero-order valence-electron chi connectivity index (χ0n) is 14.9. The number of rotatable bonds is 6. The molecule has 3 heterocycles. The SMILES string of the molecule is Cc1c(Cl)c(OCC(=O)Nn2ccnc2)nc2sc(C(=O)NC3CC3)c(N)c12. The largest absolute Gasteiger partial charge is 0.466 e. The van der Waals surface area contributed by atoms with Gasteiger partial charge in [-0.25, -0.2) is 14.6 Å². The first-order valence-corrected chi connectivity index (χ1v) is 9.73. The summed E-state index contributed by atoms with van der Waals surface area (Å²) in [5.41, 5.74) is 9.76. The second kappa shape index (κ2) is 7.28. The Bertz CT molecular complexity index is 1060. The monoisotopic (exact) mass is 420 g/mol. The van der Waals surface area contributed by atoms with Gasteiger partial charge in [0.2, 0.25) is 5.88 Å². The van der Waals surface area contributed by atoms with Crippen molar-refractivity contribution in [1.82, 2.24) is 20.0 Å². The number of nitrogens with zero attached hydrogens (tertiary/aromatic N) is 3. The molecule has 4 rings (SSSR count). The van der Waals surface area contributed by atoms with E-state index < -0.39 is 5.91 Å². The number of fused-ring (bicyclic) bond motifs is 1. The Kier molecular flexibility index (Phi) is 4.82. The minimum Gasteiger partial charge on any atom is -0.466 e. The number of aryl methyl sites for hydroxylation is 1. The molecule has 146 valence electrons. The number of aromatic nitrogens is 3. The zero-order chi connectivity index (χ0) is 19.8. The van der Waals surface area contributed by atoms with Crippen molar-refractivity contribution in [2.24, 2.45) is 0 Å². The summed E-state index contributed by atoms with van der Waals surface area (Å²) in [5.74, 6) is -0.493. The number of pyridine rings is 1. The number of anilines is 1. The van der Waals surface area contributed by atoms with Crippen molar-refractivity contribution in [3.63, 3.8) is 0 Å². The third-order valence-corrected chi connectivity index (χ3v) is 5.78. The number of amides is 2. The molecule has 0 aromatic carbocycles. The molecule has 1 aliphatic rings. The summed E-state index contributed by atoms with van der Waals surface area (Å²) >= 11 is 7.54. The summed E-state index contributed by atoms with van der Waals surface area (Å²) in [7, 11) is 0. The molecule has 3 aromatic rings. The van der Waals surface area contributed by atoms with Crippen LogP contribution in [0.2, 0.25) is 5.02 Å². The van der Waals surface area contributed by atoms with E-state index in [-0.39, 0.29) is 29.5 Å². The van der Waals surface area contributed by atoms with Crippen LogP contribution in [0.3, 0.4) is 0 Å². The second-order valence-corrected chi connectivity index (χ2v) is 7.80. The maximum atomic E-state index is 12.4. The van der Waals surface area contributed by atoms with Crippen LogP contribution < -0.4 is 21.2 Å². The molecule has 0 saturated heterocycles. The molecule has 11 heteroatoms. The molecule has 9 nitrogen and oxygen atoms in total. The van der Waals surface area contributed by atoms with E-state index in [1.54, 1.807) is 13.1 Å². The normalized spacial score (nSPS) is 13.5. The van der Waals surface area contributed by atoms with Crippen molar-refractivity contribution in [3.8, 4) is 5.88 Å². The number of halogens is 1. The summed E-state index contributed by atoms with van der Waals surface area (Å²) in [5, 5.41) is 3.80. The lowest BCUT2D eigenvalue weighted by Gasteiger charge is -2.10. The molecule has 4 N–H and O–H groups in total. The van der Waals surface area contributed by atoms with Crippen LogP contribution in [-0.4, -0.2) is 39.1 Å². The maximum absolute atomic E-state index is 12.4.